The second-order valence-electron chi connectivity index (χ2n) is 5.86. The minimum Gasteiger partial charge on any atom is -0.464 e. The lowest BCUT2D eigenvalue weighted by atomic mass is 10.1. The Morgan fingerprint density at radius 3 is 2.52 bits per heavy atom. The molecule has 0 radical (unpaired) electrons. The van der Waals surface area contributed by atoms with Crippen molar-refractivity contribution < 1.29 is 13.2 Å². The van der Waals surface area contributed by atoms with Crippen LogP contribution >= 0.6 is 0 Å². The average molecular weight is 291 g/mol. The van der Waals surface area contributed by atoms with Crippen molar-refractivity contribution in [2.75, 3.05) is 0 Å². The van der Waals surface area contributed by atoms with E-state index in [1.807, 2.05) is 12.1 Å². The number of furan rings is 1. The van der Waals surface area contributed by atoms with Crippen molar-refractivity contribution in [3.8, 4) is 0 Å². The van der Waals surface area contributed by atoms with E-state index in [0.717, 1.165) is 11.5 Å². The Balaban J connectivity index is 1.63. The first-order valence-corrected chi connectivity index (χ1v) is 7.32. The van der Waals surface area contributed by atoms with E-state index in [0.29, 0.717) is 18.4 Å². The summed E-state index contributed by atoms with van der Waals surface area (Å²) in [6.07, 6.45) is 1.18. The predicted molar refractivity (Wildman–Crippen MR) is 76.8 cm³/mol. The molecule has 0 spiro atoms. The molecule has 0 aliphatic heterocycles. The van der Waals surface area contributed by atoms with Gasteiger partial charge in [0.15, 0.2) is 0 Å². The summed E-state index contributed by atoms with van der Waals surface area (Å²) in [4.78, 5) is 0. The van der Waals surface area contributed by atoms with Gasteiger partial charge in [-0.3, -0.25) is 0 Å². The Morgan fingerprint density at radius 1 is 1.24 bits per heavy atom. The van der Waals surface area contributed by atoms with Crippen LogP contribution in [0.4, 0.5) is 8.78 Å². The largest absolute Gasteiger partial charge is 0.464 e. The van der Waals surface area contributed by atoms with Gasteiger partial charge in [0.05, 0.1) is 6.54 Å². The molecule has 1 aromatic heterocycles. The molecule has 1 heterocycles. The van der Waals surface area contributed by atoms with Gasteiger partial charge in [-0.15, -0.1) is 0 Å². The van der Waals surface area contributed by atoms with Crippen LogP contribution in [0.15, 0.2) is 34.7 Å². The van der Waals surface area contributed by atoms with Gasteiger partial charge in [-0.05, 0) is 43.5 Å². The van der Waals surface area contributed by atoms with Crippen molar-refractivity contribution in [3.05, 3.63) is 59.1 Å². The summed E-state index contributed by atoms with van der Waals surface area (Å²) < 4.78 is 33.1. The van der Waals surface area contributed by atoms with Crippen LogP contribution in [0, 0.1) is 17.6 Å². The smallest absolute Gasteiger partial charge is 0.130 e. The normalized spacial score (nSPS) is 22.3. The molecular weight excluding hydrogens is 272 g/mol. The zero-order valence-electron chi connectivity index (χ0n) is 12.2. The van der Waals surface area contributed by atoms with Gasteiger partial charge in [0, 0.05) is 17.5 Å². The first-order valence-electron chi connectivity index (χ1n) is 7.32. The van der Waals surface area contributed by atoms with Crippen molar-refractivity contribution >= 4 is 0 Å². The molecule has 1 aliphatic rings. The third-order valence-corrected chi connectivity index (χ3v) is 4.17. The van der Waals surface area contributed by atoms with Crippen molar-refractivity contribution in [2.45, 2.75) is 38.8 Å². The molecule has 0 bridgehead atoms. The van der Waals surface area contributed by atoms with Crippen LogP contribution < -0.4 is 5.32 Å². The molecule has 0 saturated heterocycles. The van der Waals surface area contributed by atoms with E-state index in [2.05, 4.69) is 12.2 Å². The van der Waals surface area contributed by atoms with Crippen LogP contribution in [-0.4, -0.2) is 0 Å². The van der Waals surface area contributed by atoms with E-state index >= 15 is 0 Å². The van der Waals surface area contributed by atoms with Crippen LogP contribution in [-0.2, 0) is 6.54 Å². The van der Waals surface area contributed by atoms with Crippen LogP contribution in [0.5, 0.6) is 0 Å². The standard InChI is InChI=1S/C17H19F2NO/c1-10-8-13(10)16-7-6-12(21-16)9-20-11(2)17-14(18)4-3-5-15(17)19/h3-7,10-11,13,20H,8-9H2,1-2H3. The lowest BCUT2D eigenvalue weighted by molar-refractivity contribution is 0.419. The molecule has 1 saturated carbocycles. The number of benzene rings is 1. The van der Waals surface area contributed by atoms with Crippen molar-refractivity contribution in [2.24, 2.45) is 5.92 Å². The lowest BCUT2D eigenvalue weighted by Crippen LogP contribution is -2.20. The molecule has 1 fully saturated rings. The molecule has 3 rings (SSSR count). The van der Waals surface area contributed by atoms with Gasteiger partial charge in [-0.25, -0.2) is 8.78 Å². The van der Waals surface area contributed by atoms with Gasteiger partial charge in [0.2, 0.25) is 0 Å². The first-order chi connectivity index (χ1) is 10.1. The highest BCUT2D eigenvalue weighted by atomic mass is 19.1. The van der Waals surface area contributed by atoms with E-state index < -0.39 is 17.7 Å². The molecule has 4 heteroatoms. The molecule has 3 unspecified atom stereocenters. The molecule has 2 nitrogen and oxygen atoms in total. The van der Waals surface area contributed by atoms with Crippen molar-refractivity contribution in [1.82, 2.24) is 5.32 Å². The zero-order chi connectivity index (χ0) is 15.0. The quantitative estimate of drug-likeness (QED) is 0.875. The molecule has 1 aliphatic carbocycles. The Morgan fingerprint density at radius 2 is 1.90 bits per heavy atom. The summed E-state index contributed by atoms with van der Waals surface area (Å²) >= 11 is 0. The highest BCUT2D eigenvalue weighted by Crippen LogP contribution is 2.47. The number of hydrogen-bond donors (Lipinski definition) is 1. The molecule has 1 aromatic carbocycles. The predicted octanol–water partition coefficient (Wildman–Crippen LogP) is 4.53. The fraction of sp³-hybridized carbons (Fsp3) is 0.412. The average Bonchev–Trinajstić information content (AvgIpc) is 2.99. The molecule has 2 aromatic rings. The van der Waals surface area contributed by atoms with E-state index in [1.54, 1.807) is 6.92 Å². The Labute approximate surface area is 123 Å². The summed E-state index contributed by atoms with van der Waals surface area (Å²) in [6, 6.07) is 7.43. The second-order valence-corrected chi connectivity index (χ2v) is 5.86. The minimum absolute atomic E-state index is 0.0695. The summed E-state index contributed by atoms with van der Waals surface area (Å²) in [7, 11) is 0. The molecule has 112 valence electrons. The lowest BCUT2D eigenvalue weighted by Gasteiger charge is -2.15. The summed E-state index contributed by atoms with van der Waals surface area (Å²) in [5.41, 5.74) is 0.0695. The number of hydrogen-bond acceptors (Lipinski definition) is 2. The van der Waals surface area contributed by atoms with E-state index in [4.69, 9.17) is 4.42 Å². The molecular formula is C17H19F2NO. The summed E-state index contributed by atoms with van der Waals surface area (Å²) in [6.45, 7) is 4.40. The fourth-order valence-corrected chi connectivity index (χ4v) is 2.69. The van der Waals surface area contributed by atoms with Gasteiger partial charge < -0.3 is 9.73 Å². The summed E-state index contributed by atoms with van der Waals surface area (Å²) in [5.74, 6) is 2.00. The Hall–Kier alpha value is -1.68. The van der Waals surface area contributed by atoms with E-state index in [9.17, 15) is 8.78 Å². The maximum Gasteiger partial charge on any atom is 0.130 e. The highest BCUT2D eigenvalue weighted by Gasteiger charge is 2.36. The fourth-order valence-electron chi connectivity index (χ4n) is 2.69. The van der Waals surface area contributed by atoms with Gasteiger partial charge >= 0.3 is 0 Å². The summed E-state index contributed by atoms with van der Waals surface area (Å²) in [5, 5.41) is 3.11. The third kappa shape index (κ3) is 3.00. The van der Waals surface area contributed by atoms with Gasteiger partial charge in [0.1, 0.15) is 23.2 Å². The van der Waals surface area contributed by atoms with Crippen LogP contribution in [0.3, 0.4) is 0 Å². The van der Waals surface area contributed by atoms with Crippen LogP contribution in [0.1, 0.15) is 49.3 Å². The molecule has 3 atom stereocenters. The monoisotopic (exact) mass is 291 g/mol. The third-order valence-electron chi connectivity index (χ3n) is 4.17. The van der Waals surface area contributed by atoms with Crippen LogP contribution in [0.2, 0.25) is 0 Å². The van der Waals surface area contributed by atoms with Crippen LogP contribution in [0.25, 0.3) is 0 Å². The molecule has 21 heavy (non-hydrogen) atoms. The van der Waals surface area contributed by atoms with Gasteiger partial charge in [0.25, 0.3) is 0 Å². The first kappa shape index (κ1) is 14.3. The SMILES string of the molecule is CC(NCc1ccc(C2CC2C)o1)c1c(F)cccc1F. The Bertz CT molecular complexity index is 617. The van der Waals surface area contributed by atoms with E-state index in [1.165, 1.54) is 24.6 Å². The Kier molecular flexibility index (Phi) is 3.81. The maximum absolute atomic E-state index is 13.7. The number of nitrogens with one attached hydrogen (secondary N) is 1. The minimum atomic E-state index is -0.526. The number of halogens is 2. The second kappa shape index (κ2) is 5.60. The topological polar surface area (TPSA) is 25.2 Å². The van der Waals surface area contributed by atoms with Gasteiger partial charge in [-0.1, -0.05) is 13.0 Å². The zero-order valence-corrected chi connectivity index (χ0v) is 12.2. The van der Waals surface area contributed by atoms with Crippen molar-refractivity contribution in [3.63, 3.8) is 0 Å². The van der Waals surface area contributed by atoms with Gasteiger partial charge in [-0.2, -0.15) is 0 Å². The highest BCUT2D eigenvalue weighted by molar-refractivity contribution is 5.23. The van der Waals surface area contributed by atoms with E-state index in [-0.39, 0.29) is 5.56 Å². The molecule has 1 N–H and O–H groups in total. The number of rotatable bonds is 5. The molecule has 0 amide bonds. The maximum atomic E-state index is 13.7. The van der Waals surface area contributed by atoms with Crippen molar-refractivity contribution in [1.29, 1.82) is 0 Å².